The van der Waals surface area contributed by atoms with Crippen LogP contribution in [0.3, 0.4) is 0 Å². The number of rotatable bonds is 6. The molecule has 2 N–H and O–H groups in total. The zero-order chi connectivity index (χ0) is 18.5. The molecule has 5 nitrogen and oxygen atoms in total. The van der Waals surface area contributed by atoms with Gasteiger partial charge in [0.1, 0.15) is 6.04 Å². The summed E-state index contributed by atoms with van der Waals surface area (Å²) in [5.41, 5.74) is 0.428. The molecule has 2 rings (SSSR count). The Kier molecular flexibility index (Phi) is 5.98. The molecule has 0 aliphatic heterocycles. The van der Waals surface area contributed by atoms with Crippen molar-refractivity contribution in [2.24, 2.45) is 0 Å². The number of benzene rings is 2. The molecule has 6 heteroatoms. The molecule has 0 aliphatic rings. The molecule has 0 heterocycles. The largest absolute Gasteiger partial charge is 0.350 e. The summed E-state index contributed by atoms with van der Waals surface area (Å²) in [7, 11) is -3.79. The number of carbonyl (C=O) groups excluding carboxylic acids is 1. The number of sulfonamides is 1. The highest BCUT2D eigenvalue weighted by Gasteiger charge is 2.28. The summed E-state index contributed by atoms with van der Waals surface area (Å²) in [6, 6.07) is 16.5. The highest BCUT2D eigenvalue weighted by Crippen LogP contribution is 2.12. The highest BCUT2D eigenvalue weighted by molar-refractivity contribution is 7.89. The van der Waals surface area contributed by atoms with E-state index in [1.807, 2.05) is 51.1 Å². The fourth-order valence-corrected chi connectivity index (χ4v) is 3.57. The van der Waals surface area contributed by atoms with Crippen LogP contribution in [-0.4, -0.2) is 25.9 Å². The maximum Gasteiger partial charge on any atom is 0.241 e. The van der Waals surface area contributed by atoms with E-state index < -0.39 is 21.6 Å². The standard InChI is InChI=1S/C19H24N2O3S/c1-19(2,3)20-18(22)17(14-15-10-6-4-7-11-15)21-25(23,24)16-12-8-5-9-13-16/h4-13,17,21H,14H2,1-3H3,(H,20,22)/t17-/m1/s1. The van der Waals surface area contributed by atoms with Crippen LogP contribution in [0.25, 0.3) is 0 Å². The molecule has 2 aromatic rings. The lowest BCUT2D eigenvalue weighted by atomic mass is 10.0. The molecule has 0 spiro atoms. The topological polar surface area (TPSA) is 75.3 Å². The van der Waals surface area contributed by atoms with Crippen molar-refractivity contribution in [2.75, 3.05) is 0 Å². The van der Waals surface area contributed by atoms with Crippen LogP contribution in [0.4, 0.5) is 0 Å². The molecule has 0 aliphatic carbocycles. The summed E-state index contributed by atoms with van der Waals surface area (Å²) in [5.74, 6) is -0.351. The predicted molar refractivity (Wildman–Crippen MR) is 98.6 cm³/mol. The second-order valence-electron chi connectivity index (χ2n) is 6.92. The van der Waals surface area contributed by atoms with E-state index >= 15 is 0 Å². The lowest BCUT2D eigenvalue weighted by Gasteiger charge is -2.25. The van der Waals surface area contributed by atoms with Crippen LogP contribution in [0.1, 0.15) is 26.3 Å². The first kappa shape index (κ1) is 19.1. The van der Waals surface area contributed by atoms with Gasteiger partial charge in [-0.05, 0) is 44.9 Å². The minimum absolute atomic E-state index is 0.136. The van der Waals surface area contributed by atoms with Gasteiger partial charge in [0.25, 0.3) is 0 Å². The van der Waals surface area contributed by atoms with Crippen LogP contribution in [0.15, 0.2) is 65.6 Å². The molecule has 0 saturated carbocycles. The second-order valence-corrected chi connectivity index (χ2v) is 8.63. The zero-order valence-corrected chi connectivity index (χ0v) is 15.5. The predicted octanol–water partition coefficient (Wildman–Crippen LogP) is 2.49. The third-order valence-corrected chi connectivity index (χ3v) is 4.94. The monoisotopic (exact) mass is 360 g/mol. The maximum atomic E-state index is 12.6. The van der Waals surface area contributed by atoms with E-state index in [1.54, 1.807) is 18.2 Å². The lowest BCUT2D eigenvalue weighted by molar-refractivity contribution is -0.124. The summed E-state index contributed by atoms with van der Waals surface area (Å²) >= 11 is 0. The molecule has 2 aromatic carbocycles. The van der Waals surface area contributed by atoms with Crippen molar-refractivity contribution < 1.29 is 13.2 Å². The third-order valence-electron chi connectivity index (χ3n) is 3.45. The van der Waals surface area contributed by atoms with Crippen molar-refractivity contribution >= 4 is 15.9 Å². The van der Waals surface area contributed by atoms with E-state index in [0.29, 0.717) is 0 Å². The van der Waals surface area contributed by atoms with Crippen molar-refractivity contribution in [1.29, 1.82) is 0 Å². The summed E-state index contributed by atoms with van der Waals surface area (Å²) in [6.45, 7) is 5.57. The SMILES string of the molecule is CC(C)(C)NC(=O)[C@@H](Cc1ccccc1)NS(=O)(=O)c1ccccc1. The average Bonchev–Trinajstić information content (AvgIpc) is 2.54. The smallest absolute Gasteiger partial charge is 0.241 e. The van der Waals surface area contributed by atoms with Gasteiger partial charge in [-0.3, -0.25) is 4.79 Å². The lowest BCUT2D eigenvalue weighted by Crippen LogP contribution is -2.52. The van der Waals surface area contributed by atoms with E-state index in [9.17, 15) is 13.2 Å². The molecular formula is C19H24N2O3S. The van der Waals surface area contributed by atoms with Gasteiger partial charge in [0, 0.05) is 5.54 Å². The first-order chi connectivity index (χ1) is 11.7. The highest BCUT2D eigenvalue weighted by atomic mass is 32.2. The van der Waals surface area contributed by atoms with Crippen LogP contribution >= 0.6 is 0 Å². The van der Waals surface area contributed by atoms with E-state index in [-0.39, 0.29) is 17.2 Å². The van der Waals surface area contributed by atoms with Gasteiger partial charge >= 0.3 is 0 Å². The second kappa shape index (κ2) is 7.80. The van der Waals surface area contributed by atoms with Gasteiger partial charge in [0.15, 0.2) is 0 Å². The fraction of sp³-hybridized carbons (Fsp3) is 0.316. The number of nitrogens with one attached hydrogen (secondary N) is 2. The molecule has 0 unspecified atom stereocenters. The Labute approximate surface area is 149 Å². The zero-order valence-electron chi connectivity index (χ0n) is 14.7. The minimum Gasteiger partial charge on any atom is -0.350 e. The number of carbonyl (C=O) groups is 1. The van der Waals surface area contributed by atoms with Gasteiger partial charge in [-0.25, -0.2) is 8.42 Å². The molecular weight excluding hydrogens is 336 g/mol. The molecule has 0 fully saturated rings. The van der Waals surface area contributed by atoms with Crippen molar-refractivity contribution in [1.82, 2.24) is 10.0 Å². The van der Waals surface area contributed by atoms with Crippen molar-refractivity contribution in [3.05, 3.63) is 66.2 Å². The van der Waals surface area contributed by atoms with Gasteiger partial charge in [-0.1, -0.05) is 48.5 Å². The van der Waals surface area contributed by atoms with Gasteiger partial charge in [-0.15, -0.1) is 0 Å². The molecule has 0 aromatic heterocycles. The van der Waals surface area contributed by atoms with Crippen LogP contribution < -0.4 is 10.0 Å². The van der Waals surface area contributed by atoms with Gasteiger partial charge in [0.05, 0.1) is 4.90 Å². The van der Waals surface area contributed by atoms with Crippen molar-refractivity contribution in [3.63, 3.8) is 0 Å². The van der Waals surface area contributed by atoms with E-state index in [2.05, 4.69) is 10.0 Å². The van der Waals surface area contributed by atoms with Crippen LogP contribution in [-0.2, 0) is 21.2 Å². The molecule has 25 heavy (non-hydrogen) atoms. The summed E-state index contributed by atoms with van der Waals surface area (Å²) in [4.78, 5) is 12.8. The first-order valence-electron chi connectivity index (χ1n) is 8.11. The molecule has 0 radical (unpaired) electrons. The van der Waals surface area contributed by atoms with Crippen LogP contribution in [0, 0.1) is 0 Å². The van der Waals surface area contributed by atoms with Crippen LogP contribution in [0.5, 0.6) is 0 Å². The normalized spacial score (nSPS) is 13.2. The van der Waals surface area contributed by atoms with Crippen LogP contribution in [0.2, 0.25) is 0 Å². The Morgan fingerprint density at radius 2 is 1.48 bits per heavy atom. The molecule has 1 amide bonds. The third kappa shape index (κ3) is 5.99. The maximum absolute atomic E-state index is 12.6. The Balaban J connectivity index is 2.26. The van der Waals surface area contributed by atoms with E-state index in [0.717, 1.165) is 5.56 Å². The Morgan fingerprint density at radius 1 is 0.960 bits per heavy atom. The summed E-state index contributed by atoms with van der Waals surface area (Å²) in [6.07, 6.45) is 0.273. The van der Waals surface area contributed by atoms with Crippen molar-refractivity contribution in [2.45, 2.75) is 43.7 Å². The minimum atomic E-state index is -3.79. The number of amides is 1. The fourth-order valence-electron chi connectivity index (χ4n) is 2.35. The van der Waals surface area contributed by atoms with Crippen molar-refractivity contribution in [3.8, 4) is 0 Å². The quantitative estimate of drug-likeness (QED) is 0.831. The molecule has 1 atom stereocenters. The summed E-state index contributed by atoms with van der Waals surface area (Å²) < 4.78 is 27.8. The first-order valence-corrected chi connectivity index (χ1v) is 9.59. The Bertz CT molecular complexity index is 798. The molecule has 0 bridgehead atoms. The number of hydrogen-bond acceptors (Lipinski definition) is 3. The molecule has 0 saturated heterocycles. The Morgan fingerprint density at radius 3 is 2.00 bits per heavy atom. The summed E-state index contributed by atoms with van der Waals surface area (Å²) in [5, 5.41) is 2.85. The van der Waals surface area contributed by atoms with E-state index in [1.165, 1.54) is 12.1 Å². The van der Waals surface area contributed by atoms with Gasteiger partial charge in [-0.2, -0.15) is 4.72 Å². The van der Waals surface area contributed by atoms with Gasteiger partial charge in [0.2, 0.25) is 15.9 Å². The number of hydrogen-bond donors (Lipinski definition) is 2. The average molecular weight is 360 g/mol. The van der Waals surface area contributed by atoms with Gasteiger partial charge < -0.3 is 5.32 Å². The molecule has 134 valence electrons. The van der Waals surface area contributed by atoms with E-state index in [4.69, 9.17) is 0 Å². The Hall–Kier alpha value is -2.18.